The lowest BCUT2D eigenvalue weighted by Crippen LogP contribution is -2.04. The molecule has 148 valence electrons. The Morgan fingerprint density at radius 2 is 2.07 bits per heavy atom. The number of halogens is 1. The number of hydrogen-bond acceptors (Lipinski definition) is 5. The van der Waals surface area contributed by atoms with Gasteiger partial charge in [0.2, 0.25) is 0 Å². The third kappa shape index (κ3) is 4.56. The summed E-state index contributed by atoms with van der Waals surface area (Å²) in [6.07, 6.45) is 1.75. The van der Waals surface area contributed by atoms with Crippen LogP contribution in [-0.2, 0) is 11.3 Å². The van der Waals surface area contributed by atoms with Crippen LogP contribution in [0.2, 0.25) is 0 Å². The van der Waals surface area contributed by atoms with E-state index >= 15 is 0 Å². The molecular weight excluding hydrogens is 430 g/mol. The number of methoxy groups -OCH3 is 1. The van der Waals surface area contributed by atoms with E-state index in [9.17, 15) is 5.26 Å². The van der Waals surface area contributed by atoms with Crippen LogP contribution in [0.4, 0.5) is 5.82 Å². The lowest BCUT2D eigenvalue weighted by Gasteiger charge is -2.10. The van der Waals surface area contributed by atoms with E-state index in [1.165, 1.54) is 0 Å². The Kier molecular flexibility index (Phi) is 6.47. The summed E-state index contributed by atoms with van der Waals surface area (Å²) in [5, 5.41) is 13.9. The fourth-order valence-corrected chi connectivity index (χ4v) is 3.70. The van der Waals surface area contributed by atoms with Gasteiger partial charge in [-0.3, -0.25) is 5.43 Å². The van der Waals surface area contributed by atoms with E-state index in [2.05, 4.69) is 74.1 Å². The molecule has 0 atom stereocenters. The van der Waals surface area contributed by atoms with Gasteiger partial charge in [0.1, 0.15) is 11.6 Å². The zero-order valence-electron chi connectivity index (χ0n) is 16.8. The molecule has 0 amide bonds. The van der Waals surface area contributed by atoms with Crippen molar-refractivity contribution in [3.05, 3.63) is 74.6 Å². The first-order chi connectivity index (χ1) is 13.9. The number of rotatable bonds is 6. The first kappa shape index (κ1) is 20.8. The molecule has 0 spiro atoms. The van der Waals surface area contributed by atoms with Gasteiger partial charge in [-0.1, -0.05) is 22.0 Å². The number of nitriles is 1. The maximum atomic E-state index is 9.52. The van der Waals surface area contributed by atoms with Crippen molar-refractivity contribution in [2.45, 2.75) is 27.4 Å². The molecule has 1 N–H and O–H groups in total. The van der Waals surface area contributed by atoms with Gasteiger partial charge in [-0.25, -0.2) is 4.98 Å². The highest BCUT2D eigenvalue weighted by molar-refractivity contribution is 9.10. The lowest BCUT2D eigenvalue weighted by molar-refractivity contribution is 0.184. The Morgan fingerprint density at radius 1 is 1.28 bits per heavy atom. The number of aromatic nitrogens is 2. The van der Waals surface area contributed by atoms with Crippen molar-refractivity contribution in [3.8, 4) is 11.8 Å². The minimum Gasteiger partial charge on any atom is -0.380 e. The molecule has 0 saturated carbocycles. The van der Waals surface area contributed by atoms with Crippen LogP contribution in [-0.4, -0.2) is 22.9 Å². The normalized spacial score (nSPS) is 11.0. The van der Waals surface area contributed by atoms with E-state index in [1.807, 2.05) is 25.1 Å². The van der Waals surface area contributed by atoms with Crippen molar-refractivity contribution in [2.24, 2.45) is 5.10 Å². The average molecular weight is 452 g/mol. The van der Waals surface area contributed by atoms with Crippen LogP contribution in [0.5, 0.6) is 0 Å². The summed E-state index contributed by atoms with van der Waals surface area (Å²) in [4.78, 5) is 4.41. The van der Waals surface area contributed by atoms with Crippen molar-refractivity contribution in [2.75, 3.05) is 12.5 Å². The van der Waals surface area contributed by atoms with E-state index in [4.69, 9.17) is 4.74 Å². The van der Waals surface area contributed by atoms with Gasteiger partial charge in [-0.15, -0.1) is 0 Å². The first-order valence-corrected chi connectivity index (χ1v) is 9.87. The molecule has 3 aromatic rings. The van der Waals surface area contributed by atoms with Crippen LogP contribution < -0.4 is 5.43 Å². The minimum atomic E-state index is 0.346. The molecule has 0 bridgehead atoms. The second-order valence-electron chi connectivity index (χ2n) is 6.70. The highest BCUT2D eigenvalue weighted by atomic mass is 79.9. The molecule has 3 rings (SSSR count). The van der Waals surface area contributed by atoms with Gasteiger partial charge in [0, 0.05) is 45.5 Å². The van der Waals surface area contributed by atoms with E-state index in [0.29, 0.717) is 18.0 Å². The number of nitrogens with one attached hydrogen (secondary N) is 1. The van der Waals surface area contributed by atoms with Gasteiger partial charge in [0.15, 0.2) is 5.82 Å². The molecule has 2 aromatic heterocycles. The van der Waals surface area contributed by atoms with Crippen LogP contribution >= 0.6 is 15.9 Å². The Morgan fingerprint density at radius 3 is 2.76 bits per heavy atom. The summed E-state index contributed by atoms with van der Waals surface area (Å²) >= 11 is 3.53. The molecule has 0 saturated heterocycles. The van der Waals surface area contributed by atoms with Gasteiger partial charge >= 0.3 is 0 Å². The van der Waals surface area contributed by atoms with Gasteiger partial charge in [-0.05, 0) is 51.1 Å². The molecule has 0 aliphatic carbocycles. The van der Waals surface area contributed by atoms with Crippen LogP contribution in [0.15, 0.2) is 46.0 Å². The Hall–Kier alpha value is -2.95. The molecule has 0 aliphatic rings. The quantitative estimate of drug-likeness (QED) is 0.421. The highest BCUT2D eigenvalue weighted by Crippen LogP contribution is 2.23. The molecule has 0 unspecified atom stereocenters. The third-order valence-corrected chi connectivity index (χ3v) is 5.04. The summed E-state index contributed by atoms with van der Waals surface area (Å²) < 4.78 is 8.39. The number of hydrogen-bond donors (Lipinski definition) is 1. The highest BCUT2D eigenvalue weighted by Gasteiger charge is 2.12. The number of ether oxygens (including phenoxy) is 1. The van der Waals surface area contributed by atoms with Crippen molar-refractivity contribution in [1.82, 2.24) is 9.55 Å². The molecule has 1 aromatic carbocycles. The fraction of sp³-hybridized carbons (Fsp3) is 0.227. The Labute approximate surface area is 179 Å². The molecule has 29 heavy (non-hydrogen) atoms. The van der Waals surface area contributed by atoms with Crippen LogP contribution in [0.3, 0.4) is 0 Å². The predicted octanol–water partition coefficient (Wildman–Crippen LogP) is 5.02. The maximum absolute atomic E-state index is 9.52. The third-order valence-electron chi connectivity index (χ3n) is 4.55. The molecule has 2 heterocycles. The topological polar surface area (TPSA) is 75.2 Å². The van der Waals surface area contributed by atoms with Crippen LogP contribution in [0, 0.1) is 32.1 Å². The van der Waals surface area contributed by atoms with Gasteiger partial charge in [-0.2, -0.15) is 10.4 Å². The number of anilines is 1. The molecule has 7 heteroatoms. The van der Waals surface area contributed by atoms with Gasteiger partial charge in [0.25, 0.3) is 0 Å². The van der Waals surface area contributed by atoms with Crippen molar-refractivity contribution in [1.29, 1.82) is 5.26 Å². The van der Waals surface area contributed by atoms with E-state index in [1.54, 1.807) is 13.3 Å². The molecule has 6 nitrogen and oxygen atoms in total. The Balaban J connectivity index is 1.89. The second kappa shape index (κ2) is 9.03. The fourth-order valence-electron chi connectivity index (χ4n) is 3.31. The van der Waals surface area contributed by atoms with E-state index < -0.39 is 0 Å². The molecular formula is C22H22BrN5O. The summed E-state index contributed by atoms with van der Waals surface area (Å²) in [5.74, 6) is 0.427. The molecule has 0 fully saturated rings. The number of benzene rings is 1. The summed E-state index contributed by atoms with van der Waals surface area (Å²) in [6, 6.07) is 14.3. The monoisotopic (exact) mass is 451 g/mol. The van der Waals surface area contributed by atoms with Crippen molar-refractivity contribution >= 4 is 28.0 Å². The predicted molar refractivity (Wildman–Crippen MR) is 119 cm³/mol. The van der Waals surface area contributed by atoms with Gasteiger partial charge in [0.05, 0.1) is 12.8 Å². The summed E-state index contributed by atoms with van der Waals surface area (Å²) in [7, 11) is 1.60. The second-order valence-corrected chi connectivity index (χ2v) is 7.62. The number of nitrogens with zero attached hydrogens (tertiary/aromatic N) is 4. The maximum Gasteiger partial charge on any atom is 0.164 e. The number of hydrazone groups is 1. The smallest absolute Gasteiger partial charge is 0.164 e. The number of aryl methyl sites for hydroxylation is 2. The standard InChI is InChI=1S/C22H22BrN5O/c1-14-8-18(13-29-4)21(11-24)22(26-14)27-25-12-17-9-15(2)28(16(17)3)20-7-5-6-19(23)10-20/h5-10,12H,13H2,1-4H3,(H,26,27)/b25-12-. The number of pyridine rings is 1. The van der Waals surface area contributed by atoms with Gasteiger partial charge < -0.3 is 9.30 Å². The Bertz CT molecular complexity index is 1110. The van der Waals surface area contributed by atoms with Crippen LogP contribution in [0.25, 0.3) is 5.69 Å². The lowest BCUT2D eigenvalue weighted by atomic mass is 10.1. The SMILES string of the molecule is COCc1cc(C)nc(N/N=C\c2cc(C)n(-c3cccc(Br)c3)c2C)c1C#N. The van der Waals surface area contributed by atoms with Crippen LogP contribution in [0.1, 0.15) is 33.8 Å². The first-order valence-electron chi connectivity index (χ1n) is 9.08. The van der Waals surface area contributed by atoms with Crippen molar-refractivity contribution < 1.29 is 4.74 Å². The zero-order valence-corrected chi connectivity index (χ0v) is 18.4. The zero-order chi connectivity index (χ0) is 21.0. The molecule has 0 aliphatic heterocycles. The average Bonchev–Trinajstić information content (AvgIpc) is 2.95. The molecule has 0 radical (unpaired) electrons. The minimum absolute atomic E-state index is 0.346. The van der Waals surface area contributed by atoms with E-state index in [0.717, 1.165) is 38.4 Å². The summed E-state index contributed by atoms with van der Waals surface area (Å²) in [5.41, 5.74) is 9.18. The largest absolute Gasteiger partial charge is 0.380 e. The van der Waals surface area contributed by atoms with E-state index in [-0.39, 0.29) is 0 Å². The summed E-state index contributed by atoms with van der Waals surface area (Å²) in [6.45, 7) is 6.34. The van der Waals surface area contributed by atoms with Crippen molar-refractivity contribution in [3.63, 3.8) is 0 Å².